The first-order chi connectivity index (χ1) is 6.97. The van der Waals surface area contributed by atoms with Gasteiger partial charge in [0, 0.05) is 12.4 Å². The fraction of sp³-hybridized carbons (Fsp3) is 0.375. The second kappa shape index (κ2) is 4.45. The third kappa shape index (κ3) is 2.80. The lowest BCUT2D eigenvalue weighted by molar-refractivity contribution is -0.142. The number of hydrogen-bond acceptors (Lipinski definition) is 4. The molecular formula is C8H12N2O4S. The molecular weight excluding hydrogens is 220 g/mol. The topological polar surface area (TPSA) is 88.3 Å². The van der Waals surface area contributed by atoms with Crippen LogP contribution in [0.2, 0.25) is 0 Å². The highest BCUT2D eigenvalue weighted by molar-refractivity contribution is 7.89. The number of ether oxygens (including phenoxy) is 1. The minimum absolute atomic E-state index is 0.0817. The van der Waals surface area contributed by atoms with Gasteiger partial charge in [0.05, 0.1) is 12.0 Å². The highest BCUT2D eigenvalue weighted by Crippen LogP contribution is 2.07. The van der Waals surface area contributed by atoms with Gasteiger partial charge in [-0.25, -0.2) is 8.42 Å². The summed E-state index contributed by atoms with van der Waals surface area (Å²) >= 11 is 0. The molecule has 15 heavy (non-hydrogen) atoms. The summed E-state index contributed by atoms with van der Waals surface area (Å²) in [6.45, 7) is 1.41. The number of aromatic amines is 1. The van der Waals surface area contributed by atoms with Crippen molar-refractivity contribution < 1.29 is 17.9 Å². The number of H-pyrrole nitrogens is 1. The number of rotatable bonds is 4. The van der Waals surface area contributed by atoms with Crippen LogP contribution in [0.15, 0.2) is 23.4 Å². The number of esters is 1. The standard InChI is InChI=1S/C8H12N2O4S/c1-6(8(11)14-2)10-15(12,13)7-3-4-9-5-7/h3-6,9-10H,1-2H3. The third-order valence-electron chi connectivity index (χ3n) is 1.77. The van der Waals surface area contributed by atoms with Crippen molar-refractivity contribution in [2.24, 2.45) is 0 Å². The molecule has 6 nitrogen and oxygen atoms in total. The number of carbonyl (C=O) groups is 1. The second-order valence-corrected chi connectivity index (χ2v) is 4.63. The predicted octanol–water partition coefficient (Wildman–Crippen LogP) is -0.146. The summed E-state index contributed by atoms with van der Waals surface area (Å²) in [6.07, 6.45) is 2.81. The Morgan fingerprint density at radius 1 is 1.60 bits per heavy atom. The van der Waals surface area contributed by atoms with Crippen LogP contribution in [0.1, 0.15) is 6.92 Å². The average molecular weight is 232 g/mol. The van der Waals surface area contributed by atoms with Crippen molar-refractivity contribution in [3.05, 3.63) is 18.5 Å². The zero-order valence-electron chi connectivity index (χ0n) is 8.35. The van der Waals surface area contributed by atoms with Gasteiger partial charge in [0.25, 0.3) is 0 Å². The van der Waals surface area contributed by atoms with E-state index in [2.05, 4.69) is 14.4 Å². The van der Waals surface area contributed by atoms with Gasteiger partial charge in [-0.1, -0.05) is 0 Å². The molecule has 84 valence electrons. The van der Waals surface area contributed by atoms with Crippen LogP contribution < -0.4 is 4.72 Å². The summed E-state index contributed by atoms with van der Waals surface area (Å²) in [5.41, 5.74) is 0. The number of methoxy groups -OCH3 is 1. The van der Waals surface area contributed by atoms with Crippen molar-refractivity contribution in [2.75, 3.05) is 7.11 Å². The van der Waals surface area contributed by atoms with Gasteiger partial charge < -0.3 is 9.72 Å². The average Bonchev–Trinajstić information content (AvgIpc) is 2.69. The smallest absolute Gasteiger partial charge is 0.323 e. The van der Waals surface area contributed by atoms with Crippen molar-refractivity contribution in [2.45, 2.75) is 17.9 Å². The quantitative estimate of drug-likeness (QED) is 0.707. The molecule has 0 aliphatic heterocycles. The molecule has 0 aliphatic rings. The molecule has 1 rings (SSSR count). The molecule has 0 saturated heterocycles. The molecule has 0 aromatic carbocycles. The number of carbonyl (C=O) groups excluding carboxylic acids is 1. The van der Waals surface area contributed by atoms with Crippen molar-refractivity contribution in [3.8, 4) is 0 Å². The van der Waals surface area contributed by atoms with Crippen LogP contribution >= 0.6 is 0 Å². The van der Waals surface area contributed by atoms with E-state index in [-0.39, 0.29) is 4.90 Å². The van der Waals surface area contributed by atoms with E-state index in [1.54, 1.807) is 0 Å². The summed E-state index contributed by atoms with van der Waals surface area (Å²) in [5.74, 6) is -0.630. The van der Waals surface area contributed by atoms with E-state index in [0.717, 1.165) is 0 Å². The van der Waals surface area contributed by atoms with Crippen molar-refractivity contribution in [3.63, 3.8) is 0 Å². The van der Waals surface area contributed by atoms with Crippen LogP contribution in [-0.2, 0) is 19.6 Å². The van der Waals surface area contributed by atoms with Gasteiger partial charge in [-0.2, -0.15) is 4.72 Å². The van der Waals surface area contributed by atoms with E-state index < -0.39 is 22.0 Å². The van der Waals surface area contributed by atoms with Crippen molar-refractivity contribution >= 4 is 16.0 Å². The van der Waals surface area contributed by atoms with Crippen LogP contribution in [0.3, 0.4) is 0 Å². The van der Waals surface area contributed by atoms with Crippen molar-refractivity contribution in [1.29, 1.82) is 0 Å². The van der Waals surface area contributed by atoms with E-state index in [9.17, 15) is 13.2 Å². The molecule has 0 bridgehead atoms. The Bertz CT molecular complexity index is 424. The molecule has 0 saturated carbocycles. The third-order valence-corrected chi connectivity index (χ3v) is 3.30. The maximum absolute atomic E-state index is 11.6. The van der Waals surface area contributed by atoms with Crippen LogP contribution in [0, 0.1) is 0 Å². The molecule has 7 heteroatoms. The lowest BCUT2D eigenvalue weighted by atomic mass is 10.4. The minimum Gasteiger partial charge on any atom is -0.468 e. The Labute approximate surface area is 87.7 Å². The van der Waals surface area contributed by atoms with Crippen LogP contribution in [0.4, 0.5) is 0 Å². The summed E-state index contributed by atoms with van der Waals surface area (Å²) in [4.78, 5) is 13.7. The largest absolute Gasteiger partial charge is 0.468 e. The summed E-state index contributed by atoms with van der Waals surface area (Å²) < 4.78 is 29.8. The number of hydrogen-bond donors (Lipinski definition) is 2. The molecule has 1 aromatic heterocycles. The SMILES string of the molecule is COC(=O)C(C)NS(=O)(=O)c1cc[nH]c1. The first kappa shape index (κ1) is 11.7. The number of nitrogens with one attached hydrogen (secondary N) is 2. The van der Waals surface area contributed by atoms with Crippen LogP contribution in [0.25, 0.3) is 0 Å². The monoisotopic (exact) mass is 232 g/mol. The van der Waals surface area contributed by atoms with E-state index in [1.807, 2.05) is 0 Å². The van der Waals surface area contributed by atoms with Crippen LogP contribution in [-0.4, -0.2) is 32.5 Å². The molecule has 0 amide bonds. The van der Waals surface area contributed by atoms with Gasteiger partial charge in [-0.3, -0.25) is 4.79 Å². The zero-order valence-corrected chi connectivity index (χ0v) is 9.17. The van der Waals surface area contributed by atoms with Crippen LogP contribution in [0.5, 0.6) is 0 Å². The fourth-order valence-electron chi connectivity index (χ4n) is 1.00. The van der Waals surface area contributed by atoms with Gasteiger partial charge in [-0.15, -0.1) is 0 Å². The lowest BCUT2D eigenvalue weighted by Gasteiger charge is -2.10. The van der Waals surface area contributed by atoms with Gasteiger partial charge in [0.2, 0.25) is 10.0 Å². The maximum Gasteiger partial charge on any atom is 0.323 e. The first-order valence-electron chi connectivity index (χ1n) is 4.20. The number of aromatic nitrogens is 1. The molecule has 1 heterocycles. The Morgan fingerprint density at radius 2 is 2.27 bits per heavy atom. The van der Waals surface area contributed by atoms with Crippen molar-refractivity contribution in [1.82, 2.24) is 9.71 Å². The van der Waals surface area contributed by atoms with Gasteiger partial charge in [0.15, 0.2) is 0 Å². The summed E-state index contributed by atoms with van der Waals surface area (Å²) in [6, 6.07) is 0.488. The Hall–Kier alpha value is -1.34. The lowest BCUT2D eigenvalue weighted by Crippen LogP contribution is -2.38. The normalized spacial score (nSPS) is 13.5. The van der Waals surface area contributed by atoms with E-state index in [1.165, 1.54) is 32.5 Å². The molecule has 0 fully saturated rings. The van der Waals surface area contributed by atoms with Gasteiger partial charge >= 0.3 is 5.97 Å². The molecule has 0 spiro atoms. The first-order valence-corrected chi connectivity index (χ1v) is 5.68. The molecule has 0 aliphatic carbocycles. The molecule has 2 N–H and O–H groups in total. The van der Waals surface area contributed by atoms with E-state index in [0.29, 0.717) is 0 Å². The van der Waals surface area contributed by atoms with E-state index >= 15 is 0 Å². The zero-order chi connectivity index (χ0) is 11.5. The highest BCUT2D eigenvalue weighted by Gasteiger charge is 2.22. The molecule has 1 aromatic rings. The summed E-state index contributed by atoms with van der Waals surface area (Å²) in [7, 11) is -2.46. The molecule has 1 unspecified atom stereocenters. The minimum atomic E-state index is -3.65. The highest BCUT2D eigenvalue weighted by atomic mass is 32.2. The molecule has 1 atom stereocenters. The summed E-state index contributed by atoms with van der Waals surface area (Å²) in [5, 5.41) is 0. The second-order valence-electron chi connectivity index (χ2n) is 2.91. The Balaban J connectivity index is 2.78. The van der Waals surface area contributed by atoms with Gasteiger partial charge in [0.1, 0.15) is 6.04 Å². The fourth-order valence-corrected chi connectivity index (χ4v) is 2.17. The molecule has 0 radical (unpaired) electrons. The predicted molar refractivity (Wildman–Crippen MR) is 52.6 cm³/mol. The maximum atomic E-state index is 11.6. The Kier molecular flexibility index (Phi) is 3.48. The van der Waals surface area contributed by atoms with E-state index in [4.69, 9.17) is 0 Å². The number of sulfonamides is 1. The Morgan fingerprint density at radius 3 is 2.73 bits per heavy atom. The van der Waals surface area contributed by atoms with Gasteiger partial charge in [-0.05, 0) is 13.0 Å².